The average Bonchev–Trinajstić information content (AvgIpc) is 3.22. The van der Waals surface area contributed by atoms with Crippen LogP contribution in [0.2, 0.25) is 0 Å². The Morgan fingerprint density at radius 1 is 1.12 bits per heavy atom. The van der Waals surface area contributed by atoms with Crippen LogP contribution < -0.4 is 5.32 Å². The molecule has 1 saturated carbocycles. The van der Waals surface area contributed by atoms with Crippen molar-refractivity contribution in [3.05, 3.63) is 42.3 Å². The molecule has 1 N–H and O–H groups in total. The Hall–Kier alpha value is -2.63. The van der Waals surface area contributed by atoms with Crippen LogP contribution in [0.4, 0.5) is 0 Å². The summed E-state index contributed by atoms with van der Waals surface area (Å²) in [6, 6.07) is 9.38. The lowest BCUT2D eigenvalue weighted by atomic mass is 9.94. The average molecular weight is 339 g/mol. The highest BCUT2D eigenvalue weighted by Crippen LogP contribution is 2.53. The third-order valence-electron chi connectivity index (χ3n) is 5.28. The fourth-order valence-electron chi connectivity index (χ4n) is 3.36. The monoisotopic (exact) mass is 339 g/mol. The standard InChI is InChI=1S/C19H21N3O3/c23-16(22-10-8-19(6-7-19)9-11-22)13-20-17(24)15-12-21-18(25-15)14-4-2-1-3-5-14/h1-5,12H,6-11,13H2,(H,20,24). The zero-order valence-electron chi connectivity index (χ0n) is 14.0. The van der Waals surface area contributed by atoms with E-state index < -0.39 is 5.91 Å². The normalized spacial score (nSPS) is 18.2. The second-order valence-corrected chi connectivity index (χ2v) is 6.96. The summed E-state index contributed by atoms with van der Waals surface area (Å²) in [7, 11) is 0. The Bertz CT molecular complexity index is 770. The number of carbonyl (C=O) groups is 2. The van der Waals surface area contributed by atoms with Gasteiger partial charge >= 0.3 is 0 Å². The van der Waals surface area contributed by atoms with Crippen molar-refractivity contribution in [1.29, 1.82) is 0 Å². The van der Waals surface area contributed by atoms with Crippen molar-refractivity contribution in [1.82, 2.24) is 15.2 Å². The zero-order valence-corrected chi connectivity index (χ0v) is 14.0. The van der Waals surface area contributed by atoms with Gasteiger partial charge in [-0.25, -0.2) is 4.98 Å². The number of carbonyl (C=O) groups excluding carboxylic acids is 2. The molecule has 1 aliphatic heterocycles. The molecule has 1 aromatic carbocycles. The summed E-state index contributed by atoms with van der Waals surface area (Å²) >= 11 is 0. The number of likely N-dealkylation sites (tertiary alicyclic amines) is 1. The van der Waals surface area contributed by atoms with Gasteiger partial charge in [-0.2, -0.15) is 0 Å². The molecule has 4 rings (SSSR count). The highest BCUT2D eigenvalue weighted by atomic mass is 16.4. The van der Waals surface area contributed by atoms with Gasteiger partial charge in [-0.15, -0.1) is 0 Å². The van der Waals surface area contributed by atoms with E-state index in [1.807, 2.05) is 35.2 Å². The first kappa shape index (κ1) is 15.9. The number of hydrogen-bond acceptors (Lipinski definition) is 4. The second kappa shape index (κ2) is 6.35. The van der Waals surface area contributed by atoms with E-state index >= 15 is 0 Å². The first-order valence-electron chi connectivity index (χ1n) is 8.73. The van der Waals surface area contributed by atoms with E-state index in [4.69, 9.17) is 4.42 Å². The molecule has 0 atom stereocenters. The lowest BCUT2D eigenvalue weighted by molar-refractivity contribution is -0.131. The smallest absolute Gasteiger partial charge is 0.289 e. The summed E-state index contributed by atoms with van der Waals surface area (Å²) in [5, 5.41) is 2.63. The molecule has 1 spiro atoms. The number of benzene rings is 1. The van der Waals surface area contributed by atoms with Crippen molar-refractivity contribution in [2.75, 3.05) is 19.6 Å². The molecule has 6 heteroatoms. The number of nitrogens with one attached hydrogen (secondary N) is 1. The number of rotatable bonds is 4. The van der Waals surface area contributed by atoms with Crippen LogP contribution >= 0.6 is 0 Å². The molecule has 130 valence electrons. The molecular weight excluding hydrogens is 318 g/mol. The molecule has 0 bridgehead atoms. The molecule has 2 aliphatic rings. The lowest BCUT2D eigenvalue weighted by Crippen LogP contribution is -2.44. The minimum absolute atomic E-state index is 0.00674. The number of hydrogen-bond donors (Lipinski definition) is 1. The number of oxazole rings is 1. The zero-order chi connectivity index (χ0) is 17.3. The molecule has 2 heterocycles. The van der Waals surface area contributed by atoms with E-state index in [2.05, 4.69) is 10.3 Å². The van der Waals surface area contributed by atoms with E-state index in [1.54, 1.807) is 0 Å². The van der Waals surface area contributed by atoms with Gasteiger partial charge in [0.1, 0.15) is 0 Å². The predicted molar refractivity (Wildman–Crippen MR) is 91.8 cm³/mol. The molecule has 0 radical (unpaired) electrons. The molecule has 0 unspecified atom stereocenters. The van der Waals surface area contributed by atoms with Gasteiger partial charge < -0.3 is 14.6 Å². The van der Waals surface area contributed by atoms with Crippen LogP contribution in [0.15, 0.2) is 40.9 Å². The van der Waals surface area contributed by atoms with Crippen LogP contribution in [0.25, 0.3) is 11.5 Å². The molecule has 2 amide bonds. The van der Waals surface area contributed by atoms with Gasteiger partial charge in [0.2, 0.25) is 17.6 Å². The summed E-state index contributed by atoms with van der Waals surface area (Å²) in [6.45, 7) is 1.59. The van der Waals surface area contributed by atoms with Crippen LogP contribution in [0.5, 0.6) is 0 Å². The molecule has 1 aromatic heterocycles. The maximum absolute atomic E-state index is 12.3. The quantitative estimate of drug-likeness (QED) is 0.928. The van der Waals surface area contributed by atoms with Gasteiger partial charge in [0, 0.05) is 18.7 Å². The van der Waals surface area contributed by atoms with Gasteiger partial charge in [-0.05, 0) is 43.2 Å². The first-order chi connectivity index (χ1) is 12.2. The van der Waals surface area contributed by atoms with Gasteiger partial charge in [0.25, 0.3) is 5.91 Å². The van der Waals surface area contributed by atoms with Crippen molar-refractivity contribution < 1.29 is 14.0 Å². The maximum atomic E-state index is 12.3. The van der Waals surface area contributed by atoms with Crippen LogP contribution in [-0.4, -0.2) is 41.3 Å². The minimum Gasteiger partial charge on any atom is -0.431 e. The molecule has 25 heavy (non-hydrogen) atoms. The van der Waals surface area contributed by atoms with Crippen molar-refractivity contribution in [3.63, 3.8) is 0 Å². The van der Waals surface area contributed by atoms with Gasteiger partial charge in [-0.1, -0.05) is 18.2 Å². The van der Waals surface area contributed by atoms with Crippen LogP contribution in [0.1, 0.15) is 36.2 Å². The molecule has 6 nitrogen and oxygen atoms in total. The summed E-state index contributed by atoms with van der Waals surface area (Å²) < 4.78 is 5.50. The summed E-state index contributed by atoms with van der Waals surface area (Å²) in [4.78, 5) is 30.4. The van der Waals surface area contributed by atoms with E-state index in [0.717, 1.165) is 31.5 Å². The van der Waals surface area contributed by atoms with Crippen LogP contribution in [-0.2, 0) is 4.79 Å². The van der Waals surface area contributed by atoms with E-state index in [0.29, 0.717) is 11.3 Å². The molecule has 2 aromatic rings. The minimum atomic E-state index is -0.418. The second-order valence-electron chi connectivity index (χ2n) is 6.96. The Morgan fingerprint density at radius 2 is 1.84 bits per heavy atom. The fraction of sp³-hybridized carbons (Fsp3) is 0.421. The summed E-state index contributed by atoms with van der Waals surface area (Å²) in [6.07, 6.45) is 6.19. The third kappa shape index (κ3) is 3.43. The highest BCUT2D eigenvalue weighted by molar-refractivity contribution is 5.94. The number of aromatic nitrogens is 1. The van der Waals surface area contributed by atoms with Crippen molar-refractivity contribution in [2.24, 2.45) is 5.41 Å². The van der Waals surface area contributed by atoms with E-state index in [9.17, 15) is 9.59 Å². The highest BCUT2D eigenvalue weighted by Gasteiger charge is 2.44. The largest absolute Gasteiger partial charge is 0.431 e. The van der Waals surface area contributed by atoms with Crippen molar-refractivity contribution in [2.45, 2.75) is 25.7 Å². The van der Waals surface area contributed by atoms with Crippen LogP contribution in [0, 0.1) is 5.41 Å². The summed E-state index contributed by atoms with van der Waals surface area (Å²) in [5.41, 5.74) is 1.34. The van der Waals surface area contributed by atoms with E-state index in [1.165, 1.54) is 19.0 Å². The van der Waals surface area contributed by atoms with Gasteiger partial charge in [0.05, 0.1) is 12.7 Å². The predicted octanol–water partition coefficient (Wildman–Crippen LogP) is 2.47. The molecule has 1 saturated heterocycles. The number of amides is 2. The maximum Gasteiger partial charge on any atom is 0.289 e. The fourth-order valence-corrected chi connectivity index (χ4v) is 3.36. The van der Waals surface area contributed by atoms with Crippen molar-refractivity contribution in [3.8, 4) is 11.5 Å². The van der Waals surface area contributed by atoms with Gasteiger partial charge in [0.15, 0.2) is 0 Å². The Kier molecular flexibility index (Phi) is 4.03. The lowest BCUT2D eigenvalue weighted by Gasteiger charge is -2.32. The number of piperidine rings is 1. The van der Waals surface area contributed by atoms with Crippen molar-refractivity contribution >= 4 is 11.8 Å². The number of nitrogens with zero attached hydrogens (tertiary/aromatic N) is 2. The Labute approximate surface area is 146 Å². The SMILES string of the molecule is O=C(NCC(=O)N1CCC2(CC1)CC2)c1cnc(-c2ccccc2)o1. The van der Waals surface area contributed by atoms with E-state index in [-0.39, 0.29) is 18.2 Å². The van der Waals surface area contributed by atoms with Crippen LogP contribution in [0.3, 0.4) is 0 Å². The topological polar surface area (TPSA) is 75.4 Å². The molecular formula is C19H21N3O3. The Balaban J connectivity index is 1.30. The summed E-state index contributed by atoms with van der Waals surface area (Å²) in [5.74, 6) is 0.0513. The molecule has 1 aliphatic carbocycles. The third-order valence-corrected chi connectivity index (χ3v) is 5.28. The Morgan fingerprint density at radius 3 is 2.52 bits per heavy atom. The van der Waals surface area contributed by atoms with Gasteiger partial charge in [-0.3, -0.25) is 9.59 Å². The first-order valence-corrected chi connectivity index (χ1v) is 8.73. The molecule has 2 fully saturated rings.